The van der Waals surface area contributed by atoms with Crippen LogP contribution in [0.1, 0.15) is 29.2 Å². The number of hydrogen-bond donors (Lipinski definition) is 1. The SMILES string of the molecule is C#CCOc1cccc(C2CC(=O)Nc3c2c(C)nn3-c2nncc(-c3ccc(F)cc3)n2)c1. The quantitative estimate of drug-likeness (QED) is 0.463. The number of benzene rings is 2. The Balaban J connectivity index is 1.56. The summed E-state index contributed by atoms with van der Waals surface area (Å²) in [7, 11) is 0. The van der Waals surface area contributed by atoms with Crippen molar-refractivity contribution in [3.05, 3.63) is 77.4 Å². The van der Waals surface area contributed by atoms with Crippen LogP contribution < -0.4 is 10.1 Å². The van der Waals surface area contributed by atoms with Crippen molar-refractivity contribution >= 4 is 11.7 Å². The molecule has 3 heterocycles. The fourth-order valence-corrected chi connectivity index (χ4v) is 4.07. The summed E-state index contributed by atoms with van der Waals surface area (Å²) < 4.78 is 20.4. The zero-order chi connectivity index (χ0) is 23.7. The fourth-order valence-electron chi connectivity index (χ4n) is 4.07. The Hall–Kier alpha value is -4.58. The van der Waals surface area contributed by atoms with Crippen LogP contribution in [-0.4, -0.2) is 37.5 Å². The fraction of sp³-hybridized carbons (Fsp3) is 0.160. The van der Waals surface area contributed by atoms with Gasteiger partial charge in [0.1, 0.15) is 24.0 Å². The number of rotatable bonds is 5. The lowest BCUT2D eigenvalue weighted by atomic mass is 9.86. The topological polar surface area (TPSA) is 94.8 Å². The van der Waals surface area contributed by atoms with E-state index in [1.807, 2.05) is 31.2 Å². The molecule has 1 amide bonds. The molecule has 5 rings (SSSR count). The van der Waals surface area contributed by atoms with Crippen molar-refractivity contribution in [2.45, 2.75) is 19.3 Å². The Morgan fingerprint density at radius 2 is 2.09 bits per heavy atom. The van der Waals surface area contributed by atoms with E-state index in [4.69, 9.17) is 11.2 Å². The Morgan fingerprint density at radius 1 is 1.26 bits per heavy atom. The second-order valence-electron chi connectivity index (χ2n) is 7.78. The number of ether oxygens (including phenoxy) is 1. The Bertz CT molecular complexity index is 1420. The van der Waals surface area contributed by atoms with E-state index >= 15 is 0 Å². The van der Waals surface area contributed by atoms with Gasteiger partial charge in [-0.05, 0) is 48.9 Å². The molecule has 2 aromatic heterocycles. The highest BCUT2D eigenvalue weighted by atomic mass is 19.1. The first-order valence-corrected chi connectivity index (χ1v) is 10.5. The summed E-state index contributed by atoms with van der Waals surface area (Å²) >= 11 is 0. The number of hydrogen-bond acceptors (Lipinski definition) is 6. The highest BCUT2D eigenvalue weighted by Crippen LogP contribution is 2.40. The van der Waals surface area contributed by atoms with Crippen molar-refractivity contribution in [3.63, 3.8) is 0 Å². The third-order valence-corrected chi connectivity index (χ3v) is 5.56. The smallest absolute Gasteiger partial charge is 0.272 e. The van der Waals surface area contributed by atoms with Crippen LogP contribution in [-0.2, 0) is 4.79 Å². The van der Waals surface area contributed by atoms with Gasteiger partial charge in [0, 0.05) is 23.5 Å². The van der Waals surface area contributed by atoms with Crippen LogP contribution >= 0.6 is 0 Å². The molecule has 0 spiro atoms. The number of aryl methyl sites for hydroxylation is 1. The van der Waals surface area contributed by atoms with E-state index in [1.54, 1.807) is 12.1 Å². The number of nitrogens with one attached hydrogen (secondary N) is 1. The van der Waals surface area contributed by atoms with Crippen LogP contribution in [0.5, 0.6) is 5.75 Å². The first-order chi connectivity index (χ1) is 16.5. The lowest BCUT2D eigenvalue weighted by Gasteiger charge is -2.24. The summed E-state index contributed by atoms with van der Waals surface area (Å²) in [4.78, 5) is 17.2. The summed E-state index contributed by atoms with van der Waals surface area (Å²) in [6, 6.07) is 13.4. The molecule has 2 aromatic carbocycles. The van der Waals surface area contributed by atoms with E-state index in [-0.39, 0.29) is 36.6 Å². The summed E-state index contributed by atoms with van der Waals surface area (Å²) in [5, 5.41) is 15.7. The molecule has 8 nitrogen and oxygen atoms in total. The molecule has 4 aromatic rings. The van der Waals surface area contributed by atoms with E-state index < -0.39 is 0 Å². The second-order valence-corrected chi connectivity index (χ2v) is 7.78. The van der Waals surface area contributed by atoms with E-state index in [0.29, 0.717) is 22.8 Å². The van der Waals surface area contributed by atoms with Gasteiger partial charge in [0.15, 0.2) is 0 Å². The number of aromatic nitrogens is 5. The number of nitrogens with zero attached hydrogens (tertiary/aromatic N) is 5. The minimum Gasteiger partial charge on any atom is -0.481 e. The lowest BCUT2D eigenvalue weighted by molar-refractivity contribution is -0.116. The molecule has 0 fully saturated rings. The van der Waals surface area contributed by atoms with Crippen molar-refractivity contribution in [2.75, 3.05) is 11.9 Å². The Kier molecular flexibility index (Phi) is 5.47. The summed E-state index contributed by atoms with van der Waals surface area (Å²) in [5.74, 6) is 3.03. The zero-order valence-corrected chi connectivity index (χ0v) is 18.2. The first-order valence-electron chi connectivity index (χ1n) is 10.5. The predicted octanol–water partition coefficient (Wildman–Crippen LogP) is 3.66. The van der Waals surface area contributed by atoms with Crippen molar-refractivity contribution < 1.29 is 13.9 Å². The summed E-state index contributed by atoms with van der Waals surface area (Å²) in [6.07, 6.45) is 7.04. The summed E-state index contributed by atoms with van der Waals surface area (Å²) in [6.45, 7) is 2.03. The standard InChI is InChI=1S/C25H19FN6O2/c1-3-11-34-19-6-4-5-17(12-19)20-13-22(33)29-24-23(20)15(2)31-32(24)25-28-21(14-27-30-25)16-7-9-18(26)10-8-16/h1,4-10,12,14,20H,11,13H2,2H3,(H,29,33). The Labute approximate surface area is 194 Å². The van der Waals surface area contributed by atoms with Gasteiger partial charge in [-0.1, -0.05) is 18.1 Å². The maximum Gasteiger partial charge on any atom is 0.272 e. The van der Waals surface area contributed by atoms with E-state index in [1.165, 1.54) is 23.0 Å². The van der Waals surface area contributed by atoms with E-state index in [9.17, 15) is 9.18 Å². The average molecular weight is 454 g/mol. The molecule has 1 aliphatic heterocycles. The number of carbonyl (C=O) groups is 1. The molecule has 1 atom stereocenters. The molecule has 0 radical (unpaired) electrons. The van der Waals surface area contributed by atoms with Gasteiger partial charge in [0.05, 0.1) is 17.6 Å². The minimum absolute atomic E-state index is 0.156. The van der Waals surface area contributed by atoms with Gasteiger partial charge in [0.25, 0.3) is 5.95 Å². The van der Waals surface area contributed by atoms with Gasteiger partial charge in [-0.3, -0.25) is 4.79 Å². The molecular weight excluding hydrogens is 435 g/mol. The largest absolute Gasteiger partial charge is 0.481 e. The highest BCUT2D eigenvalue weighted by molar-refractivity contribution is 5.95. The minimum atomic E-state index is -0.342. The highest BCUT2D eigenvalue weighted by Gasteiger charge is 2.33. The van der Waals surface area contributed by atoms with Crippen molar-refractivity contribution in [3.8, 4) is 35.3 Å². The molecule has 34 heavy (non-hydrogen) atoms. The van der Waals surface area contributed by atoms with E-state index in [2.05, 4.69) is 31.5 Å². The number of fused-ring (bicyclic) bond motifs is 1. The second kappa shape index (κ2) is 8.75. The lowest BCUT2D eigenvalue weighted by Crippen LogP contribution is -2.25. The predicted molar refractivity (Wildman–Crippen MR) is 123 cm³/mol. The van der Waals surface area contributed by atoms with Gasteiger partial charge in [-0.15, -0.1) is 11.5 Å². The molecule has 9 heteroatoms. The van der Waals surface area contributed by atoms with Crippen molar-refractivity contribution in [1.29, 1.82) is 0 Å². The Morgan fingerprint density at radius 3 is 2.88 bits per heavy atom. The maximum absolute atomic E-state index is 13.3. The average Bonchev–Trinajstić information content (AvgIpc) is 3.19. The molecule has 0 bridgehead atoms. The number of carbonyl (C=O) groups excluding carboxylic acids is 1. The molecular formula is C25H19FN6O2. The van der Waals surface area contributed by atoms with Crippen LogP contribution in [0.4, 0.5) is 10.2 Å². The third kappa shape index (κ3) is 3.97. The van der Waals surface area contributed by atoms with Crippen LogP contribution in [0.3, 0.4) is 0 Å². The third-order valence-electron chi connectivity index (χ3n) is 5.56. The van der Waals surface area contributed by atoms with Crippen LogP contribution in [0.25, 0.3) is 17.2 Å². The zero-order valence-electron chi connectivity index (χ0n) is 18.2. The normalized spacial score (nSPS) is 14.7. The van der Waals surface area contributed by atoms with Gasteiger partial charge in [-0.25, -0.2) is 9.37 Å². The molecule has 1 aliphatic rings. The van der Waals surface area contributed by atoms with Gasteiger partial charge >= 0.3 is 0 Å². The number of terminal acetylenes is 1. The molecule has 168 valence electrons. The number of amides is 1. The van der Waals surface area contributed by atoms with Crippen molar-refractivity contribution in [2.24, 2.45) is 0 Å². The first kappa shape index (κ1) is 21.3. The van der Waals surface area contributed by atoms with E-state index in [0.717, 1.165) is 16.8 Å². The van der Waals surface area contributed by atoms with Crippen LogP contribution in [0, 0.1) is 25.1 Å². The summed E-state index contributed by atoms with van der Waals surface area (Å²) in [5.41, 5.74) is 3.69. The molecule has 0 aliphatic carbocycles. The number of halogens is 1. The monoisotopic (exact) mass is 454 g/mol. The van der Waals surface area contributed by atoms with Crippen LogP contribution in [0.15, 0.2) is 54.7 Å². The van der Waals surface area contributed by atoms with Crippen LogP contribution in [0.2, 0.25) is 0 Å². The molecule has 0 saturated heterocycles. The number of anilines is 1. The van der Waals surface area contributed by atoms with Gasteiger partial charge in [-0.2, -0.15) is 14.9 Å². The van der Waals surface area contributed by atoms with Gasteiger partial charge < -0.3 is 10.1 Å². The molecule has 1 N–H and O–H groups in total. The van der Waals surface area contributed by atoms with Gasteiger partial charge in [0.2, 0.25) is 5.91 Å². The maximum atomic E-state index is 13.3. The van der Waals surface area contributed by atoms with Crippen molar-refractivity contribution in [1.82, 2.24) is 25.0 Å². The molecule has 1 unspecified atom stereocenters. The molecule has 0 saturated carbocycles.